The van der Waals surface area contributed by atoms with Crippen LogP contribution in [0.25, 0.3) is 0 Å². The standard InChI is InChI=1S/C11H14N2O3/c14-11-2-1-9(13(15)16)7-10(11)8-3-5-12-6-4-8/h1-2,7-8,12,14H,3-6H2. The largest absolute Gasteiger partial charge is 0.508 e. The van der Waals surface area contributed by atoms with Crippen LogP contribution in [0.5, 0.6) is 5.75 Å². The van der Waals surface area contributed by atoms with Crippen molar-refractivity contribution in [1.82, 2.24) is 5.32 Å². The molecule has 1 saturated heterocycles. The number of phenols is 1. The Morgan fingerprint density at radius 3 is 2.69 bits per heavy atom. The van der Waals surface area contributed by atoms with Crippen LogP contribution in [0.4, 0.5) is 5.69 Å². The maximum absolute atomic E-state index is 10.7. The van der Waals surface area contributed by atoms with E-state index in [2.05, 4.69) is 5.32 Å². The van der Waals surface area contributed by atoms with Crippen molar-refractivity contribution in [2.45, 2.75) is 18.8 Å². The summed E-state index contributed by atoms with van der Waals surface area (Å²) in [6, 6.07) is 4.24. The number of non-ortho nitro benzene ring substituents is 1. The minimum atomic E-state index is -0.427. The minimum absolute atomic E-state index is 0.0475. The monoisotopic (exact) mass is 222 g/mol. The average Bonchev–Trinajstić information content (AvgIpc) is 2.30. The molecule has 2 N–H and O–H groups in total. The van der Waals surface area contributed by atoms with Crippen LogP contribution >= 0.6 is 0 Å². The second-order valence-electron chi connectivity index (χ2n) is 4.02. The van der Waals surface area contributed by atoms with Gasteiger partial charge in [-0.15, -0.1) is 0 Å². The van der Waals surface area contributed by atoms with E-state index in [1.807, 2.05) is 0 Å². The zero-order chi connectivity index (χ0) is 11.5. The number of nitrogens with zero attached hydrogens (tertiary/aromatic N) is 1. The predicted molar refractivity (Wildman–Crippen MR) is 59.6 cm³/mol. The Morgan fingerprint density at radius 2 is 2.06 bits per heavy atom. The van der Waals surface area contributed by atoms with Crippen LogP contribution in [-0.4, -0.2) is 23.1 Å². The molecule has 0 atom stereocenters. The molecule has 5 heteroatoms. The summed E-state index contributed by atoms with van der Waals surface area (Å²) in [5.74, 6) is 0.388. The highest BCUT2D eigenvalue weighted by Crippen LogP contribution is 2.34. The number of nitro groups is 1. The molecular formula is C11H14N2O3. The first-order valence-corrected chi connectivity index (χ1v) is 5.36. The van der Waals surface area contributed by atoms with Crippen LogP contribution in [-0.2, 0) is 0 Å². The van der Waals surface area contributed by atoms with Gasteiger partial charge in [-0.1, -0.05) is 0 Å². The first-order chi connectivity index (χ1) is 7.68. The molecule has 5 nitrogen and oxygen atoms in total. The molecular weight excluding hydrogens is 208 g/mol. The smallest absolute Gasteiger partial charge is 0.269 e. The number of hydrogen-bond acceptors (Lipinski definition) is 4. The first kappa shape index (κ1) is 10.9. The van der Waals surface area contributed by atoms with E-state index in [9.17, 15) is 15.2 Å². The summed E-state index contributed by atoms with van der Waals surface area (Å²) in [6.45, 7) is 1.79. The van der Waals surface area contributed by atoms with Crippen LogP contribution in [0.15, 0.2) is 18.2 Å². The lowest BCUT2D eigenvalue weighted by molar-refractivity contribution is -0.385. The van der Waals surface area contributed by atoms with Gasteiger partial charge in [-0.2, -0.15) is 0 Å². The van der Waals surface area contributed by atoms with Crippen molar-refractivity contribution >= 4 is 5.69 Å². The van der Waals surface area contributed by atoms with Crippen LogP contribution in [0, 0.1) is 10.1 Å². The highest BCUT2D eigenvalue weighted by Gasteiger charge is 2.20. The van der Waals surface area contributed by atoms with Crippen molar-refractivity contribution < 1.29 is 10.0 Å². The maximum atomic E-state index is 10.7. The second-order valence-corrected chi connectivity index (χ2v) is 4.02. The first-order valence-electron chi connectivity index (χ1n) is 5.36. The van der Waals surface area contributed by atoms with Crippen molar-refractivity contribution in [3.63, 3.8) is 0 Å². The van der Waals surface area contributed by atoms with E-state index >= 15 is 0 Å². The average molecular weight is 222 g/mol. The third-order valence-electron chi connectivity index (χ3n) is 3.00. The molecule has 86 valence electrons. The molecule has 0 aliphatic carbocycles. The third-order valence-corrected chi connectivity index (χ3v) is 3.00. The fourth-order valence-electron chi connectivity index (χ4n) is 2.12. The summed E-state index contributed by atoms with van der Waals surface area (Å²) in [6.07, 6.45) is 1.82. The van der Waals surface area contributed by atoms with Crippen LogP contribution < -0.4 is 5.32 Å². The van der Waals surface area contributed by atoms with Crippen LogP contribution in [0.1, 0.15) is 24.3 Å². The van der Waals surface area contributed by atoms with Gasteiger partial charge in [0.05, 0.1) is 4.92 Å². The molecule has 0 unspecified atom stereocenters. The fraction of sp³-hybridized carbons (Fsp3) is 0.455. The summed E-state index contributed by atoms with van der Waals surface area (Å²) >= 11 is 0. The van der Waals surface area contributed by atoms with Crippen molar-refractivity contribution in [3.05, 3.63) is 33.9 Å². The Morgan fingerprint density at radius 1 is 1.38 bits per heavy atom. The Balaban J connectivity index is 2.30. The molecule has 0 radical (unpaired) electrons. The predicted octanol–water partition coefficient (Wildman–Crippen LogP) is 1.77. The molecule has 1 aromatic carbocycles. The van der Waals surface area contributed by atoms with E-state index in [0.717, 1.165) is 25.9 Å². The Kier molecular flexibility index (Phi) is 3.05. The Labute approximate surface area is 93.2 Å². The number of hydrogen-bond donors (Lipinski definition) is 2. The number of phenolic OH excluding ortho intramolecular Hbond substituents is 1. The number of nitro benzene ring substituents is 1. The van der Waals surface area contributed by atoms with Gasteiger partial charge in [-0.05, 0) is 37.9 Å². The third kappa shape index (κ3) is 2.14. The number of piperidine rings is 1. The van der Waals surface area contributed by atoms with Crippen molar-refractivity contribution in [2.24, 2.45) is 0 Å². The Bertz CT molecular complexity index is 400. The van der Waals surface area contributed by atoms with Crippen LogP contribution in [0.3, 0.4) is 0 Å². The van der Waals surface area contributed by atoms with E-state index in [-0.39, 0.29) is 17.4 Å². The normalized spacial score (nSPS) is 17.2. The molecule has 1 aliphatic heterocycles. The molecule has 1 aromatic rings. The molecule has 0 saturated carbocycles. The number of aromatic hydroxyl groups is 1. The van der Waals surface area contributed by atoms with Crippen molar-refractivity contribution in [2.75, 3.05) is 13.1 Å². The SMILES string of the molecule is O=[N+]([O-])c1ccc(O)c(C2CCNCC2)c1. The van der Waals surface area contributed by atoms with Crippen molar-refractivity contribution in [1.29, 1.82) is 0 Å². The fourth-order valence-corrected chi connectivity index (χ4v) is 2.12. The van der Waals surface area contributed by atoms with Crippen molar-refractivity contribution in [3.8, 4) is 5.75 Å². The molecule has 1 fully saturated rings. The number of nitrogens with one attached hydrogen (secondary N) is 1. The summed E-state index contributed by atoms with van der Waals surface area (Å²) in [4.78, 5) is 10.2. The summed E-state index contributed by atoms with van der Waals surface area (Å²) in [7, 11) is 0. The van der Waals surface area contributed by atoms with E-state index in [4.69, 9.17) is 0 Å². The van der Waals surface area contributed by atoms with Gasteiger partial charge in [-0.3, -0.25) is 10.1 Å². The topological polar surface area (TPSA) is 75.4 Å². The quantitative estimate of drug-likeness (QED) is 0.590. The lowest BCUT2D eigenvalue weighted by Crippen LogP contribution is -2.26. The number of benzene rings is 1. The van der Waals surface area contributed by atoms with Gasteiger partial charge in [0.1, 0.15) is 5.75 Å². The van der Waals surface area contributed by atoms with Gasteiger partial charge in [0.15, 0.2) is 0 Å². The molecule has 0 spiro atoms. The van der Waals surface area contributed by atoms with E-state index in [1.54, 1.807) is 0 Å². The van der Waals surface area contributed by atoms with Gasteiger partial charge in [0.25, 0.3) is 5.69 Å². The number of rotatable bonds is 2. The molecule has 1 heterocycles. The van der Waals surface area contributed by atoms with Gasteiger partial charge < -0.3 is 10.4 Å². The molecule has 0 bridgehead atoms. The molecule has 2 rings (SSSR count). The second kappa shape index (κ2) is 4.49. The molecule has 0 amide bonds. The van der Waals surface area contributed by atoms with Gasteiger partial charge in [0.2, 0.25) is 0 Å². The Hall–Kier alpha value is -1.62. The molecule has 16 heavy (non-hydrogen) atoms. The van der Waals surface area contributed by atoms with Gasteiger partial charge >= 0.3 is 0 Å². The summed E-state index contributed by atoms with van der Waals surface area (Å²) < 4.78 is 0. The minimum Gasteiger partial charge on any atom is -0.508 e. The highest BCUT2D eigenvalue weighted by molar-refractivity contribution is 5.45. The maximum Gasteiger partial charge on any atom is 0.269 e. The highest BCUT2D eigenvalue weighted by atomic mass is 16.6. The van der Waals surface area contributed by atoms with E-state index in [0.29, 0.717) is 5.56 Å². The summed E-state index contributed by atoms with van der Waals surface area (Å²) in [5, 5.41) is 23.6. The van der Waals surface area contributed by atoms with Crippen LogP contribution in [0.2, 0.25) is 0 Å². The van der Waals surface area contributed by atoms with Gasteiger partial charge in [-0.25, -0.2) is 0 Å². The zero-order valence-corrected chi connectivity index (χ0v) is 8.85. The molecule has 0 aromatic heterocycles. The molecule has 1 aliphatic rings. The van der Waals surface area contributed by atoms with E-state index in [1.165, 1.54) is 18.2 Å². The van der Waals surface area contributed by atoms with E-state index < -0.39 is 4.92 Å². The zero-order valence-electron chi connectivity index (χ0n) is 8.85. The lowest BCUT2D eigenvalue weighted by atomic mass is 9.89. The lowest BCUT2D eigenvalue weighted by Gasteiger charge is -2.23. The van der Waals surface area contributed by atoms with Gasteiger partial charge in [0, 0.05) is 17.7 Å². The summed E-state index contributed by atoms with van der Waals surface area (Å²) in [5.41, 5.74) is 0.752.